The van der Waals surface area contributed by atoms with Gasteiger partial charge < -0.3 is 79.2 Å². The molecule has 0 radical (unpaired) electrons. The standard InChI is InChI=1S/C38H54F5N5O11S.C7H15NO5/c39-32-33(40)35(42)37(36(43)34(32)41)59-31(50)8-11-51-13-15-53-17-19-55-21-23-57-25-26-58-24-22-56-20-18-54-16-14-52-12-10-45-27-29(48-44)3-1-2-9-46-38(60)47-28-4-6-30(49)7-5-28;9-6-3-5(1-2-8(11)12)13-4-7(6)10/h4-7,27,49H,1-3,8-26,44H2,(H2,46,47,60);5-7,9-12H,1-4H2/b45-27?,48-29-;. The van der Waals surface area contributed by atoms with Gasteiger partial charge in [-0.15, -0.1) is 0 Å². The number of ether oxygens (including phenoxy) is 10. The molecule has 0 bridgehead atoms. The molecular formula is C45H69F5N6O16S. The number of esters is 1. The highest BCUT2D eigenvalue weighted by Gasteiger charge is 2.29. The first-order valence-electron chi connectivity index (χ1n) is 23.3. The van der Waals surface area contributed by atoms with Gasteiger partial charge in [0.25, 0.3) is 0 Å². The first kappa shape index (κ1) is 64.7. The molecule has 9 N–H and O–H groups in total. The van der Waals surface area contributed by atoms with Crippen molar-refractivity contribution in [3.8, 4) is 11.5 Å². The number of carbonyl (C=O) groups is 1. The van der Waals surface area contributed by atoms with E-state index in [9.17, 15) is 37.0 Å². The Kier molecular flexibility index (Phi) is 36.3. The molecule has 2 aromatic carbocycles. The van der Waals surface area contributed by atoms with Crippen molar-refractivity contribution in [1.82, 2.24) is 10.5 Å². The molecule has 0 saturated carbocycles. The van der Waals surface area contributed by atoms with Crippen LogP contribution in [0.3, 0.4) is 0 Å². The van der Waals surface area contributed by atoms with Crippen molar-refractivity contribution in [2.75, 3.05) is 137 Å². The van der Waals surface area contributed by atoms with E-state index in [-0.39, 0.29) is 56.7 Å². The maximum absolute atomic E-state index is 13.6. The minimum Gasteiger partial charge on any atom is -0.508 e. The van der Waals surface area contributed by atoms with Gasteiger partial charge in [0.15, 0.2) is 5.11 Å². The van der Waals surface area contributed by atoms with Crippen LogP contribution in [-0.4, -0.2) is 204 Å². The number of nitrogens with zero attached hydrogens (tertiary/aromatic N) is 3. The number of hydroxylamine groups is 2. The molecule has 3 atom stereocenters. The number of aliphatic hydroxyl groups is 2. The van der Waals surface area contributed by atoms with Crippen molar-refractivity contribution >= 4 is 40.9 Å². The molecule has 0 amide bonds. The Hall–Kier alpha value is -4.37. The smallest absolute Gasteiger partial charge is 0.313 e. The zero-order valence-corrected chi connectivity index (χ0v) is 41.3. The maximum Gasteiger partial charge on any atom is 0.313 e. The maximum atomic E-state index is 13.6. The number of hydrogen-bond acceptors (Lipinski definition) is 21. The fraction of sp³-hybridized carbons (Fsp3) is 0.644. The number of phenolic OH excluding ortho intramolecular Hbond substituents is 1. The summed E-state index contributed by atoms with van der Waals surface area (Å²) in [6.45, 7) is 6.38. The summed E-state index contributed by atoms with van der Waals surface area (Å²) in [5.74, 6) is -8.49. The van der Waals surface area contributed by atoms with Gasteiger partial charge in [0.05, 0.1) is 150 Å². The Balaban J connectivity index is 0.00000121. The summed E-state index contributed by atoms with van der Waals surface area (Å²) in [6.07, 6.45) is 2.51. The molecular weight excluding hydrogens is 1010 g/mol. The van der Waals surface area contributed by atoms with Crippen molar-refractivity contribution < 1.29 is 99.8 Å². The van der Waals surface area contributed by atoms with E-state index in [0.29, 0.717) is 122 Å². The molecule has 416 valence electrons. The van der Waals surface area contributed by atoms with Gasteiger partial charge in [0.2, 0.25) is 34.8 Å². The number of phenols is 1. The van der Waals surface area contributed by atoms with Crippen molar-refractivity contribution in [3.05, 3.63) is 53.4 Å². The van der Waals surface area contributed by atoms with Gasteiger partial charge in [0, 0.05) is 24.9 Å². The van der Waals surface area contributed by atoms with Gasteiger partial charge in [-0.2, -0.15) is 13.9 Å². The quantitative estimate of drug-likeness (QED) is 0.00410. The number of aliphatic hydroxyl groups excluding tert-OH is 2. The number of nitrogens with two attached hydrogens (primary N) is 1. The van der Waals surface area contributed by atoms with Crippen LogP contribution in [0, 0.1) is 29.1 Å². The third-order valence-corrected chi connectivity index (χ3v) is 9.83. The minimum absolute atomic E-state index is 0.0630. The third-order valence-electron chi connectivity index (χ3n) is 9.58. The lowest BCUT2D eigenvalue weighted by molar-refractivity contribution is -0.309. The lowest BCUT2D eigenvalue weighted by atomic mass is 10.0. The zero-order chi connectivity index (χ0) is 53.5. The van der Waals surface area contributed by atoms with Gasteiger partial charge in [-0.05, 0) is 62.2 Å². The molecule has 1 aliphatic rings. The predicted octanol–water partition coefficient (Wildman–Crippen LogP) is 3.03. The fourth-order valence-electron chi connectivity index (χ4n) is 5.74. The van der Waals surface area contributed by atoms with Gasteiger partial charge in [0.1, 0.15) is 11.9 Å². The Bertz CT molecular complexity index is 1840. The van der Waals surface area contributed by atoms with E-state index in [1.165, 1.54) is 0 Å². The molecule has 28 heteroatoms. The van der Waals surface area contributed by atoms with Crippen LogP contribution >= 0.6 is 12.2 Å². The van der Waals surface area contributed by atoms with E-state index >= 15 is 0 Å². The molecule has 1 saturated heterocycles. The molecule has 3 unspecified atom stereocenters. The summed E-state index contributed by atoms with van der Waals surface area (Å²) in [5, 5.41) is 55.1. The summed E-state index contributed by atoms with van der Waals surface area (Å²) in [6, 6.07) is 6.64. The second kappa shape index (κ2) is 40.9. The number of hydrazone groups is 1. The minimum atomic E-state index is -2.35. The van der Waals surface area contributed by atoms with Gasteiger partial charge in [-0.25, -0.2) is 13.2 Å². The molecule has 0 spiro atoms. The summed E-state index contributed by atoms with van der Waals surface area (Å²) in [4.78, 5) is 16.0. The predicted molar refractivity (Wildman–Crippen MR) is 255 cm³/mol. The van der Waals surface area contributed by atoms with Crippen LogP contribution < -0.4 is 21.2 Å². The van der Waals surface area contributed by atoms with Gasteiger partial charge in [-0.3, -0.25) is 20.2 Å². The lowest BCUT2D eigenvalue weighted by Crippen LogP contribution is -2.42. The average molecular weight is 1080 g/mol. The van der Waals surface area contributed by atoms with Crippen molar-refractivity contribution in [2.24, 2.45) is 15.9 Å². The van der Waals surface area contributed by atoms with Gasteiger partial charge >= 0.3 is 5.97 Å². The number of benzene rings is 2. The van der Waals surface area contributed by atoms with Crippen molar-refractivity contribution in [2.45, 2.75) is 56.8 Å². The number of carbonyl (C=O) groups excluding carboxylic acids is 1. The van der Waals surface area contributed by atoms with E-state index in [0.717, 1.165) is 18.5 Å². The molecule has 0 aliphatic carbocycles. The molecule has 73 heavy (non-hydrogen) atoms. The van der Waals surface area contributed by atoms with E-state index in [1.54, 1.807) is 30.5 Å². The highest BCUT2D eigenvalue weighted by molar-refractivity contribution is 7.80. The Morgan fingerprint density at radius 3 is 1.67 bits per heavy atom. The fourth-order valence-corrected chi connectivity index (χ4v) is 5.96. The number of aromatic hydroxyl groups is 1. The van der Waals surface area contributed by atoms with E-state index in [4.69, 9.17) is 76.2 Å². The van der Waals surface area contributed by atoms with Crippen LogP contribution in [0.4, 0.5) is 27.6 Å². The number of aliphatic imine (C=N–C) groups is 1. The Morgan fingerprint density at radius 1 is 0.712 bits per heavy atom. The van der Waals surface area contributed by atoms with Crippen LogP contribution in [0.1, 0.15) is 38.5 Å². The molecule has 1 aliphatic heterocycles. The third kappa shape index (κ3) is 31.2. The molecule has 22 nitrogen and oxygen atoms in total. The molecule has 1 fully saturated rings. The number of rotatable bonds is 38. The molecule has 3 rings (SSSR count). The van der Waals surface area contributed by atoms with Crippen LogP contribution in [0.25, 0.3) is 0 Å². The van der Waals surface area contributed by atoms with Crippen LogP contribution in [0.5, 0.6) is 11.5 Å². The Morgan fingerprint density at radius 2 is 1.19 bits per heavy atom. The number of unbranched alkanes of at least 4 members (excludes halogenated alkanes) is 1. The normalized spacial score (nSPS) is 15.9. The topological polar surface area (TPSA) is 289 Å². The number of anilines is 1. The summed E-state index contributed by atoms with van der Waals surface area (Å²) >= 11 is 5.27. The number of hydrogen-bond donors (Lipinski definition) is 8. The van der Waals surface area contributed by atoms with Crippen LogP contribution in [0.2, 0.25) is 0 Å². The highest BCUT2D eigenvalue weighted by Crippen LogP contribution is 2.29. The number of halogens is 5. The molecule has 1 heterocycles. The summed E-state index contributed by atoms with van der Waals surface area (Å²) in [5.41, 5.74) is 1.49. The van der Waals surface area contributed by atoms with Gasteiger partial charge in [-0.1, -0.05) is 5.23 Å². The first-order valence-corrected chi connectivity index (χ1v) is 23.7. The monoisotopic (exact) mass is 1080 g/mol. The van der Waals surface area contributed by atoms with E-state index < -0.39 is 59.4 Å². The largest absolute Gasteiger partial charge is 0.508 e. The number of thiocarbonyl (C=S) groups is 1. The molecule has 0 aromatic heterocycles. The van der Waals surface area contributed by atoms with E-state index in [2.05, 4.69) is 25.5 Å². The number of nitrogens with one attached hydrogen (secondary N) is 2. The first-order chi connectivity index (χ1) is 35.2. The second-order valence-electron chi connectivity index (χ2n) is 15.3. The summed E-state index contributed by atoms with van der Waals surface area (Å²) in [7, 11) is 0. The zero-order valence-electron chi connectivity index (χ0n) is 40.4. The van der Waals surface area contributed by atoms with E-state index in [1.807, 2.05) is 0 Å². The van der Waals surface area contributed by atoms with Crippen LogP contribution in [0.15, 0.2) is 34.4 Å². The molecule has 2 aromatic rings. The Labute approximate surface area is 425 Å². The second-order valence-corrected chi connectivity index (χ2v) is 15.7. The highest BCUT2D eigenvalue weighted by atomic mass is 32.1. The van der Waals surface area contributed by atoms with Crippen molar-refractivity contribution in [3.63, 3.8) is 0 Å². The van der Waals surface area contributed by atoms with Crippen molar-refractivity contribution in [1.29, 1.82) is 0 Å². The average Bonchev–Trinajstić information content (AvgIpc) is 3.37. The van der Waals surface area contributed by atoms with Crippen LogP contribution in [-0.2, 0) is 47.4 Å². The SMILES string of the molecule is N/N=C(\C=NCCOCCOCCOCCOCCOCCOCCOCCOCCC(=O)Oc1c(F)c(F)c(F)c(F)c1F)CCCCNC(=S)Nc1ccc(O)cc1.OC1COC(CCN(O)O)CC1O. The lowest BCUT2D eigenvalue weighted by Gasteiger charge is -2.30. The summed E-state index contributed by atoms with van der Waals surface area (Å²) < 4.78 is 119.